The molecule has 4 aromatic rings. The molecule has 0 unspecified atom stereocenters. The third-order valence-electron chi connectivity index (χ3n) is 5.04. The summed E-state index contributed by atoms with van der Waals surface area (Å²) in [4.78, 5) is 9.40. The van der Waals surface area contributed by atoms with Crippen molar-refractivity contribution < 1.29 is 9.47 Å². The Balaban J connectivity index is 1.32. The first-order chi connectivity index (χ1) is 14.8. The van der Waals surface area contributed by atoms with Gasteiger partial charge < -0.3 is 20.1 Å². The number of ether oxygens (including phenoxy) is 2. The zero-order valence-corrected chi connectivity index (χ0v) is 16.5. The van der Waals surface area contributed by atoms with Crippen LogP contribution in [0, 0.1) is 0 Å². The number of hydrogen-bond donors (Lipinski definition) is 2. The summed E-state index contributed by atoms with van der Waals surface area (Å²) >= 11 is 0. The topological polar surface area (TPSA) is 68.3 Å². The van der Waals surface area contributed by atoms with Crippen molar-refractivity contribution in [1.29, 1.82) is 0 Å². The lowest BCUT2D eigenvalue weighted by Gasteiger charge is -2.12. The Bertz CT molecular complexity index is 1160. The van der Waals surface area contributed by atoms with E-state index in [2.05, 4.69) is 39.9 Å². The van der Waals surface area contributed by atoms with Gasteiger partial charge in [0, 0.05) is 18.5 Å². The van der Waals surface area contributed by atoms with Gasteiger partial charge in [0.25, 0.3) is 0 Å². The van der Waals surface area contributed by atoms with E-state index in [1.807, 2.05) is 48.5 Å². The van der Waals surface area contributed by atoms with Gasteiger partial charge in [-0.05, 0) is 41.8 Å². The quantitative estimate of drug-likeness (QED) is 0.473. The van der Waals surface area contributed by atoms with Gasteiger partial charge in [0.1, 0.15) is 5.82 Å². The van der Waals surface area contributed by atoms with Gasteiger partial charge in [-0.3, -0.25) is 0 Å². The van der Waals surface area contributed by atoms with E-state index in [-0.39, 0.29) is 6.79 Å². The van der Waals surface area contributed by atoms with Gasteiger partial charge in [0.05, 0.1) is 5.52 Å². The summed E-state index contributed by atoms with van der Waals surface area (Å²) in [7, 11) is 0. The fraction of sp³-hybridized carbons (Fsp3) is 0.167. The number of rotatable bonds is 7. The largest absolute Gasteiger partial charge is 0.454 e. The van der Waals surface area contributed by atoms with Crippen LogP contribution in [0.15, 0.2) is 72.8 Å². The minimum absolute atomic E-state index is 0.276. The van der Waals surface area contributed by atoms with Gasteiger partial charge in [0.15, 0.2) is 11.5 Å². The second-order valence-electron chi connectivity index (χ2n) is 7.12. The van der Waals surface area contributed by atoms with Crippen molar-refractivity contribution in [3.8, 4) is 11.5 Å². The molecule has 2 heterocycles. The lowest BCUT2D eigenvalue weighted by atomic mass is 10.1. The first kappa shape index (κ1) is 18.2. The lowest BCUT2D eigenvalue weighted by molar-refractivity contribution is 0.174. The molecule has 6 heteroatoms. The Morgan fingerprint density at radius 1 is 0.767 bits per heavy atom. The van der Waals surface area contributed by atoms with Crippen molar-refractivity contribution in [2.45, 2.75) is 13.0 Å². The van der Waals surface area contributed by atoms with Crippen molar-refractivity contribution in [3.63, 3.8) is 0 Å². The predicted molar refractivity (Wildman–Crippen MR) is 118 cm³/mol. The summed E-state index contributed by atoms with van der Waals surface area (Å²) in [6.45, 7) is 1.67. The van der Waals surface area contributed by atoms with Gasteiger partial charge in [0.2, 0.25) is 12.7 Å². The molecule has 0 aliphatic carbocycles. The Labute approximate surface area is 174 Å². The van der Waals surface area contributed by atoms with Crippen molar-refractivity contribution in [1.82, 2.24) is 9.97 Å². The fourth-order valence-electron chi connectivity index (χ4n) is 3.49. The van der Waals surface area contributed by atoms with Crippen LogP contribution in [0.2, 0.25) is 0 Å². The maximum atomic E-state index is 5.46. The first-order valence-electron chi connectivity index (χ1n) is 10.0. The molecule has 0 amide bonds. The molecule has 5 rings (SSSR count). The number of nitrogens with zero attached hydrogens (tertiary/aromatic N) is 2. The van der Waals surface area contributed by atoms with Gasteiger partial charge in [-0.15, -0.1) is 0 Å². The Morgan fingerprint density at radius 3 is 2.53 bits per heavy atom. The zero-order chi connectivity index (χ0) is 20.2. The summed E-state index contributed by atoms with van der Waals surface area (Å²) in [6, 6.07) is 24.4. The Kier molecular flexibility index (Phi) is 5.04. The summed E-state index contributed by atoms with van der Waals surface area (Å²) in [5.74, 6) is 2.99. The van der Waals surface area contributed by atoms with Crippen molar-refractivity contribution in [2.75, 3.05) is 24.0 Å². The first-order valence-corrected chi connectivity index (χ1v) is 10.0. The predicted octanol–water partition coefficient (Wildman–Crippen LogP) is 4.63. The summed E-state index contributed by atoms with van der Waals surface area (Å²) < 4.78 is 10.8. The number of anilines is 2. The van der Waals surface area contributed by atoms with Crippen LogP contribution >= 0.6 is 0 Å². The number of fused-ring (bicyclic) bond motifs is 2. The van der Waals surface area contributed by atoms with E-state index in [9.17, 15) is 0 Å². The highest BCUT2D eigenvalue weighted by Gasteiger charge is 2.13. The molecule has 0 radical (unpaired) electrons. The minimum atomic E-state index is 0.276. The van der Waals surface area contributed by atoms with E-state index in [1.165, 1.54) is 5.56 Å². The molecule has 0 atom stereocenters. The van der Waals surface area contributed by atoms with Gasteiger partial charge >= 0.3 is 0 Å². The molecular weight excluding hydrogens is 376 g/mol. The molecule has 0 saturated heterocycles. The standard InChI is InChI=1S/C24H22N4O2/c1-2-6-17(7-3-1)12-13-25-23-19-8-4-5-9-20(19)27-24(28-23)26-15-18-10-11-21-22(14-18)30-16-29-21/h1-11,14H,12-13,15-16H2,(H2,25,26,27,28). The van der Waals surface area contributed by atoms with E-state index >= 15 is 0 Å². The van der Waals surface area contributed by atoms with Crippen LogP contribution in [-0.2, 0) is 13.0 Å². The molecule has 1 aliphatic rings. The third kappa shape index (κ3) is 3.98. The normalized spacial score (nSPS) is 12.1. The average molecular weight is 398 g/mol. The molecule has 0 saturated carbocycles. The molecule has 3 aromatic carbocycles. The van der Waals surface area contributed by atoms with Gasteiger partial charge in [-0.25, -0.2) is 4.98 Å². The number of nitrogens with one attached hydrogen (secondary N) is 2. The van der Waals surface area contributed by atoms with Crippen molar-refractivity contribution >= 4 is 22.7 Å². The van der Waals surface area contributed by atoms with Crippen molar-refractivity contribution in [3.05, 3.63) is 83.9 Å². The molecule has 6 nitrogen and oxygen atoms in total. The highest BCUT2D eigenvalue weighted by atomic mass is 16.7. The summed E-state index contributed by atoms with van der Waals surface area (Å²) in [5, 5.41) is 7.83. The molecule has 2 N–H and O–H groups in total. The number of para-hydroxylation sites is 1. The maximum Gasteiger partial charge on any atom is 0.231 e. The van der Waals surface area contributed by atoms with Crippen molar-refractivity contribution in [2.24, 2.45) is 0 Å². The van der Waals surface area contributed by atoms with E-state index in [4.69, 9.17) is 14.5 Å². The number of hydrogen-bond acceptors (Lipinski definition) is 6. The zero-order valence-electron chi connectivity index (χ0n) is 16.5. The van der Waals surface area contributed by atoms with Crippen LogP contribution in [0.3, 0.4) is 0 Å². The van der Waals surface area contributed by atoms with Crippen LogP contribution in [0.1, 0.15) is 11.1 Å². The smallest absolute Gasteiger partial charge is 0.231 e. The van der Waals surface area contributed by atoms with E-state index < -0.39 is 0 Å². The molecule has 1 aromatic heterocycles. The number of aromatic nitrogens is 2. The van der Waals surface area contributed by atoms with E-state index in [0.717, 1.165) is 46.7 Å². The van der Waals surface area contributed by atoms with Gasteiger partial charge in [-0.1, -0.05) is 48.5 Å². The number of benzene rings is 3. The van der Waals surface area contributed by atoms with Gasteiger partial charge in [-0.2, -0.15) is 4.98 Å². The molecule has 1 aliphatic heterocycles. The molecule has 150 valence electrons. The lowest BCUT2D eigenvalue weighted by Crippen LogP contribution is -2.10. The summed E-state index contributed by atoms with van der Waals surface area (Å²) in [6.07, 6.45) is 0.930. The van der Waals surface area contributed by atoms with E-state index in [1.54, 1.807) is 0 Å². The minimum Gasteiger partial charge on any atom is -0.454 e. The Morgan fingerprint density at radius 2 is 1.60 bits per heavy atom. The molecular formula is C24H22N4O2. The molecule has 0 spiro atoms. The highest BCUT2D eigenvalue weighted by Crippen LogP contribution is 2.32. The monoisotopic (exact) mass is 398 g/mol. The fourth-order valence-corrected chi connectivity index (χ4v) is 3.49. The maximum absolute atomic E-state index is 5.46. The van der Waals surface area contributed by atoms with Crippen LogP contribution in [-0.4, -0.2) is 23.3 Å². The molecule has 30 heavy (non-hydrogen) atoms. The van der Waals surface area contributed by atoms with E-state index in [0.29, 0.717) is 12.5 Å². The van der Waals surface area contributed by atoms with Crippen LogP contribution < -0.4 is 20.1 Å². The third-order valence-corrected chi connectivity index (χ3v) is 5.04. The Hall–Kier alpha value is -3.80. The second-order valence-corrected chi connectivity index (χ2v) is 7.12. The molecule has 0 fully saturated rings. The highest BCUT2D eigenvalue weighted by molar-refractivity contribution is 5.90. The SMILES string of the molecule is c1ccc(CCNc2nc(NCc3ccc4c(c3)OCO4)nc3ccccc23)cc1. The van der Waals surface area contributed by atoms with Crippen LogP contribution in [0.4, 0.5) is 11.8 Å². The molecule has 0 bridgehead atoms. The van der Waals surface area contributed by atoms with Crippen LogP contribution in [0.25, 0.3) is 10.9 Å². The summed E-state index contributed by atoms with van der Waals surface area (Å²) in [5.41, 5.74) is 3.28. The van der Waals surface area contributed by atoms with Crippen LogP contribution in [0.5, 0.6) is 11.5 Å². The average Bonchev–Trinajstić information content (AvgIpc) is 3.26. The second kappa shape index (κ2) is 8.29.